The average Bonchev–Trinajstić information content (AvgIpc) is 2.31. The van der Waals surface area contributed by atoms with E-state index in [1.54, 1.807) is 5.57 Å². The number of hydrogen-bond acceptors (Lipinski definition) is 0. The fourth-order valence-electron chi connectivity index (χ4n) is 1.61. The van der Waals surface area contributed by atoms with E-state index in [-0.39, 0.29) is 0 Å². The van der Waals surface area contributed by atoms with Crippen molar-refractivity contribution in [2.75, 3.05) is 0 Å². The van der Waals surface area contributed by atoms with Crippen molar-refractivity contribution >= 4 is 0 Å². The summed E-state index contributed by atoms with van der Waals surface area (Å²) < 4.78 is 0. The molecule has 0 saturated heterocycles. The molecule has 12 heavy (non-hydrogen) atoms. The Morgan fingerprint density at radius 3 is 2.58 bits per heavy atom. The average molecular weight is 162 g/mol. The third-order valence-electron chi connectivity index (χ3n) is 2.25. The van der Waals surface area contributed by atoms with Crippen LogP contribution in [0.3, 0.4) is 0 Å². The second-order valence-corrected chi connectivity index (χ2v) is 3.56. The first kappa shape index (κ1) is 9.31. The molecule has 0 aromatic rings. The molecule has 0 radical (unpaired) electrons. The van der Waals surface area contributed by atoms with Crippen molar-refractivity contribution in [3.05, 3.63) is 34.9 Å². The predicted molar refractivity (Wildman–Crippen MR) is 55.1 cm³/mol. The minimum absolute atomic E-state index is 1.12. The Morgan fingerprint density at radius 1 is 1.33 bits per heavy atom. The molecule has 1 aliphatic carbocycles. The molecule has 0 amide bonds. The molecule has 0 heteroatoms. The van der Waals surface area contributed by atoms with Gasteiger partial charge >= 0.3 is 0 Å². The summed E-state index contributed by atoms with van der Waals surface area (Å²) >= 11 is 0. The highest BCUT2D eigenvalue weighted by Crippen LogP contribution is 2.26. The Hall–Kier alpha value is -0.780. The van der Waals surface area contributed by atoms with E-state index in [1.165, 1.54) is 17.6 Å². The molecule has 0 heterocycles. The first-order valence-electron chi connectivity index (χ1n) is 4.74. The summed E-state index contributed by atoms with van der Waals surface area (Å²) in [5.74, 6) is 0. The predicted octanol–water partition coefficient (Wildman–Crippen LogP) is 4.01. The van der Waals surface area contributed by atoms with Gasteiger partial charge in [-0.3, -0.25) is 0 Å². The van der Waals surface area contributed by atoms with Crippen LogP contribution in [0.5, 0.6) is 0 Å². The summed E-state index contributed by atoms with van der Waals surface area (Å²) in [6, 6.07) is 0. The fourth-order valence-corrected chi connectivity index (χ4v) is 1.61. The Bertz CT molecular complexity index is 239. The van der Waals surface area contributed by atoms with Crippen LogP contribution < -0.4 is 0 Å². The Labute approximate surface area is 75.7 Å². The highest BCUT2D eigenvalue weighted by atomic mass is 14.1. The summed E-state index contributed by atoms with van der Waals surface area (Å²) in [6.07, 6.45) is 10.3. The zero-order chi connectivity index (χ0) is 8.97. The lowest BCUT2D eigenvalue weighted by Gasteiger charge is -1.96. The maximum Gasteiger partial charge on any atom is -0.00979 e. The molecule has 0 atom stereocenters. The van der Waals surface area contributed by atoms with Crippen molar-refractivity contribution < 1.29 is 0 Å². The van der Waals surface area contributed by atoms with Gasteiger partial charge in [-0.25, -0.2) is 0 Å². The lowest BCUT2D eigenvalue weighted by Crippen LogP contribution is -1.76. The van der Waals surface area contributed by atoms with Crippen LogP contribution in [0.4, 0.5) is 0 Å². The minimum Gasteiger partial charge on any atom is -0.0885 e. The van der Waals surface area contributed by atoms with Crippen molar-refractivity contribution in [1.82, 2.24) is 0 Å². The van der Waals surface area contributed by atoms with E-state index in [0.29, 0.717) is 0 Å². The van der Waals surface area contributed by atoms with Crippen LogP contribution in [0.2, 0.25) is 0 Å². The van der Waals surface area contributed by atoms with Gasteiger partial charge in [0.1, 0.15) is 0 Å². The molecule has 0 fully saturated rings. The van der Waals surface area contributed by atoms with Gasteiger partial charge in [-0.1, -0.05) is 36.3 Å². The molecule has 0 unspecified atom stereocenters. The van der Waals surface area contributed by atoms with Crippen molar-refractivity contribution in [2.24, 2.45) is 0 Å². The van der Waals surface area contributed by atoms with E-state index in [4.69, 9.17) is 0 Å². The van der Waals surface area contributed by atoms with Crippen molar-refractivity contribution in [3.63, 3.8) is 0 Å². The van der Waals surface area contributed by atoms with Gasteiger partial charge in [-0.2, -0.15) is 0 Å². The van der Waals surface area contributed by atoms with Crippen LogP contribution in [-0.2, 0) is 0 Å². The smallest absolute Gasteiger partial charge is 0.00979 e. The Kier molecular flexibility index (Phi) is 3.33. The molecule has 0 spiro atoms. The third-order valence-corrected chi connectivity index (χ3v) is 2.25. The fraction of sp³-hybridized carbons (Fsp3) is 0.500. The van der Waals surface area contributed by atoms with Crippen LogP contribution in [0.1, 0.15) is 40.0 Å². The van der Waals surface area contributed by atoms with E-state index in [1.807, 2.05) is 0 Å². The summed E-state index contributed by atoms with van der Waals surface area (Å²) in [7, 11) is 0. The summed E-state index contributed by atoms with van der Waals surface area (Å²) in [4.78, 5) is 0. The highest BCUT2D eigenvalue weighted by Gasteiger charge is 2.06. The van der Waals surface area contributed by atoms with Crippen LogP contribution in [0, 0.1) is 0 Å². The number of allylic oxidation sites excluding steroid dienone is 6. The Morgan fingerprint density at radius 2 is 2.08 bits per heavy atom. The minimum atomic E-state index is 1.12. The molecular formula is C12H18. The lowest BCUT2D eigenvalue weighted by molar-refractivity contribution is 1.12. The van der Waals surface area contributed by atoms with Crippen molar-refractivity contribution in [3.8, 4) is 0 Å². The lowest BCUT2D eigenvalue weighted by atomic mass is 10.1. The van der Waals surface area contributed by atoms with Crippen LogP contribution in [-0.4, -0.2) is 0 Å². The van der Waals surface area contributed by atoms with E-state index in [0.717, 1.165) is 12.8 Å². The Balaban J connectivity index is 2.51. The molecule has 0 saturated carbocycles. The molecule has 1 rings (SSSR count). The van der Waals surface area contributed by atoms with Crippen LogP contribution in [0.25, 0.3) is 0 Å². The first-order valence-corrected chi connectivity index (χ1v) is 4.74. The molecule has 0 N–H and O–H groups in total. The quantitative estimate of drug-likeness (QED) is 0.550. The molecule has 0 aliphatic heterocycles. The van der Waals surface area contributed by atoms with Gasteiger partial charge in [0.05, 0.1) is 0 Å². The molecule has 0 aromatic heterocycles. The summed E-state index contributed by atoms with van der Waals surface area (Å²) in [6.45, 7) is 6.62. The molecule has 66 valence electrons. The summed E-state index contributed by atoms with van der Waals surface area (Å²) in [5, 5.41) is 0. The maximum atomic E-state index is 2.33. The highest BCUT2D eigenvalue weighted by molar-refractivity contribution is 5.38. The van der Waals surface area contributed by atoms with Gasteiger partial charge in [0, 0.05) is 0 Å². The standard InChI is InChI=1S/C12H18/c1-4-5-6-7-12-9-10(2)8-11(12)3/h5-6,9H,4,7-8H2,1-3H3. The largest absolute Gasteiger partial charge is 0.0885 e. The first-order chi connectivity index (χ1) is 5.74. The van der Waals surface area contributed by atoms with Crippen molar-refractivity contribution in [2.45, 2.75) is 40.0 Å². The number of hydrogen-bond donors (Lipinski definition) is 0. The monoisotopic (exact) mass is 162 g/mol. The molecule has 0 nitrogen and oxygen atoms in total. The number of rotatable bonds is 3. The van der Waals surface area contributed by atoms with Gasteiger partial charge in [0.2, 0.25) is 0 Å². The van der Waals surface area contributed by atoms with Crippen LogP contribution >= 0.6 is 0 Å². The van der Waals surface area contributed by atoms with Gasteiger partial charge in [0.15, 0.2) is 0 Å². The molecular weight excluding hydrogens is 144 g/mol. The normalized spacial score (nSPS) is 17.8. The zero-order valence-corrected chi connectivity index (χ0v) is 8.35. The van der Waals surface area contributed by atoms with E-state index >= 15 is 0 Å². The molecule has 0 bridgehead atoms. The van der Waals surface area contributed by atoms with Crippen LogP contribution in [0.15, 0.2) is 34.9 Å². The summed E-state index contributed by atoms with van der Waals surface area (Å²) in [5.41, 5.74) is 4.58. The van der Waals surface area contributed by atoms with Gasteiger partial charge in [-0.15, -0.1) is 0 Å². The van der Waals surface area contributed by atoms with Gasteiger partial charge < -0.3 is 0 Å². The second kappa shape index (κ2) is 4.30. The zero-order valence-electron chi connectivity index (χ0n) is 8.35. The van der Waals surface area contributed by atoms with E-state index < -0.39 is 0 Å². The third kappa shape index (κ3) is 2.37. The molecule has 0 aromatic carbocycles. The molecule has 1 aliphatic rings. The topological polar surface area (TPSA) is 0 Å². The maximum absolute atomic E-state index is 2.33. The van der Waals surface area contributed by atoms with Gasteiger partial charge in [0.25, 0.3) is 0 Å². The van der Waals surface area contributed by atoms with Crippen molar-refractivity contribution in [1.29, 1.82) is 0 Å². The van der Waals surface area contributed by atoms with E-state index in [9.17, 15) is 0 Å². The van der Waals surface area contributed by atoms with E-state index in [2.05, 4.69) is 39.0 Å². The SMILES string of the molecule is CCC=CCC1=C(C)CC(C)=C1. The van der Waals surface area contributed by atoms with Gasteiger partial charge in [-0.05, 0) is 38.7 Å². The second-order valence-electron chi connectivity index (χ2n) is 3.56.